The predicted molar refractivity (Wildman–Crippen MR) is 79.4 cm³/mol. The third kappa shape index (κ3) is 8.05. The number of unbranched alkanes of at least 4 members (excludes halogenated alkanes) is 2. The van der Waals surface area contributed by atoms with Crippen LogP contribution in [0.5, 0.6) is 0 Å². The van der Waals surface area contributed by atoms with Crippen LogP contribution in [0.15, 0.2) is 0 Å². The topological polar surface area (TPSA) is 159 Å². The van der Waals surface area contributed by atoms with Crippen LogP contribution in [0.1, 0.15) is 25.7 Å². The Labute approximate surface area is 132 Å². The second-order valence-electron chi connectivity index (χ2n) is 4.77. The molecule has 0 aliphatic carbocycles. The van der Waals surface area contributed by atoms with Crippen molar-refractivity contribution in [2.24, 2.45) is 11.5 Å². The number of carbonyl (C=O) groups is 1. The monoisotopic (exact) mass is 372 g/mol. The molecule has 0 aromatic heterocycles. The number of nitrogens with two attached hydrogens (primary N) is 2. The van der Waals surface area contributed by atoms with Gasteiger partial charge >= 0.3 is 0 Å². The van der Waals surface area contributed by atoms with Gasteiger partial charge in [0.15, 0.2) is 6.29 Å². The van der Waals surface area contributed by atoms with Crippen LogP contribution in [-0.2, 0) is 9.53 Å². The molecule has 21 heavy (non-hydrogen) atoms. The van der Waals surface area contributed by atoms with Crippen LogP contribution in [0.4, 0.5) is 0 Å². The SMILES string of the molecule is NC(=O)CCCCCBr.N[C@H]1C(O)O[C@H](CO)[C@@H](O)[C@@H]1O. The second kappa shape index (κ2) is 11.3. The van der Waals surface area contributed by atoms with Gasteiger partial charge in [-0.15, -0.1) is 0 Å². The van der Waals surface area contributed by atoms with E-state index < -0.39 is 37.3 Å². The van der Waals surface area contributed by atoms with E-state index in [2.05, 4.69) is 15.9 Å². The Morgan fingerprint density at radius 2 is 1.76 bits per heavy atom. The van der Waals surface area contributed by atoms with Gasteiger partial charge in [0.2, 0.25) is 5.91 Å². The average molecular weight is 373 g/mol. The van der Waals surface area contributed by atoms with Gasteiger partial charge in [-0.05, 0) is 12.8 Å². The van der Waals surface area contributed by atoms with Gasteiger partial charge in [-0.2, -0.15) is 0 Å². The highest BCUT2D eigenvalue weighted by molar-refractivity contribution is 9.09. The number of rotatable bonds is 6. The van der Waals surface area contributed by atoms with Crippen LogP contribution in [0, 0.1) is 0 Å². The minimum absolute atomic E-state index is 0.190. The summed E-state index contributed by atoms with van der Waals surface area (Å²) in [7, 11) is 0. The fourth-order valence-electron chi connectivity index (χ4n) is 1.69. The van der Waals surface area contributed by atoms with Crippen molar-refractivity contribution < 1.29 is 30.0 Å². The van der Waals surface area contributed by atoms with Crippen molar-refractivity contribution in [2.45, 2.75) is 56.3 Å². The predicted octanol–water partition coefficient (Wildman–Crippen LogP) is -1.83. The smallest absolute Gasteiger partial charge is 0.217 e. The molecule has 126 valence electrons. The molecule has 1 fully saturated rings. The molecule has 0 spiro atoms. The lowest BCUT2D eigenvalue weighted by Gasteiger charge is -2.38. The lowest BCUT2D eigenvalue weighted by atomic mass is 9.98. The van der Waals surface area contributed by atoms with Crippen molar-refractivity contribution >= 4 is 21.8 Å². The summed E-state index contributed by atoms with van der Waals surface area (Å²) in [6.07, 6.45) is -1.16. The number of alkyl halides is 1. The Morgan fingerprint density at radius 3 is 2.24 bits per heavy atom. The summed E-state index contributed by atoms with van der Waals surface area (Å²) in [5, 5.41) is 37.1. The quantitative estimate of drug-likeness (QED) is 0.236. The van der Waals surface area contributed by atoms with Crippen LogP contribution >= 0.6 is 15.9 Å². The minimum atomic E-state index is -1.35. The van der Waals surface area contributed by atoms with Crippen LogP contribution in [0.25, 0.3) is 0 Å². The fraction of sp³-hybridized carbons (Fsp3) is 0.917. The summed E-state index contributed by atoms with van der Waals surface area (Å²) >= 11 is 3.30. The third-order valence-electron chi connectivity index (χ3n) is 3.01. The van der Waals surface area contributed by atoms with E-state index in [1.54, 1.807) is 0 Å². The molecule has 8 N–H and O–H groups in total. The van der Waals surface area contributed by atoms with E-state index in [-0.39, 0.29) is 5.91 Å². The van der Waals surface area contributed by atoms with E-state index in [0.29, 0.717) is 6.42 Å². The van der Waals surface area contributed by atoms with E-state index in [1.807, 2.05) is 0 Å². The standard InChI is InChI=1S/C6H12BrNO.C6H13NO5/c7-5-3-1-2-4-6(8)9;7-3-5(10)4(9)2(1-8)12-6(3)11/h1-5H2,(H2,8,9);2-6,8-11H,1,7H2/t;2-,3-,4-,5-,6?/m.1/s1. The second-order valence-corrected chi connectivity index (χ2v) is 5.57. The first-order chi connectivity index (χ1) is 9.84. The summed E-state index contributed by atoms with van der Waals surface area (Å²) in [5.41, 5.74) is 10.2. The number of hydrogen-bond acceptors (Lipinski definition) is 7. The zero-order valence-corrected chi connectivity index (χ0v) is 13.4. The van der Waals surface area contributed by atoms with Crippen molar-refractivity contribution in [3.8, 4) is 0 Å². The normalized spacial score (nSPS) is 32.2. The van der Waals surface area contributed by atoms with Crippen molar-refractivity contribution in [2.75, 3.05) is 11.9 Å². The van der Waals surface area contributed by atoms with Crippen molar-refractivity contribution in [3.05, 3.63) is 0 Å². The van der Waals surface area contributed by atoms with E-state index in [9.17, 15) is 15.0 Å². The first-order valence-electron chi connectivity index (χ1n) is 6.75. The number of aliphatic hydroxyl groups excluding tert-OH is 4. The number of primary amides is 1. The van der Waals surface area contributed by atoms with E-state index in [1.165, 1.54) is 0 Å². The molecule has 1 aliphatic rings. The molecule has 8 nitrogen and oxygen atoms in total. The molecular formula is C12H25BrN2O6. The zero-order chi connectivity index (χ0) is 16.4. The molecule has 1 saturated heterocycles. The Hall–Kier alpha value is -0.290. The summed E-state index contributed by atoms with van der Waals surface area (Å²) in [4.78, 5) is 10.2. The van der Waals surface area contributed by atoms with E-state index in [4.69, 9.17) is 26.4 Å². The van der Waals surface area contributed by atoms with Gasteiger partial charge < -0.3 is 36.6 Å². The Morgan fingerprint density at radius 1 is 1.14 bits per heavy atom. The van der Waals surface area contributed by atoms with Gasteiger partial charge in [-0.1, -0.05) is 22.4 Å². The van der Waals surface area contributed by atoms with Crippen LogP contribution < -0.4 is 11.5 Å². The molecule has 1 heterocycles. The fourth-order valence-corrected chi connectivity index (χ4v) is 2.08. The number of hydrogen-bond donors (Lipinski definition) is 6. The third-order valence-corrected chi connectivity index (χ3v) is 3.57. The highest BCUT2D eigenvalue weighted by Gasteiger charge is 2.41. The van der Waals surface area contributed by atoms with Crippen molar-refractivity contribution in [1.29, 1.82) is 0 Å². The zero-order valence-electron chi connectivity index (χ0n) is 11.8. The largest absolute Gasteiger partial charge is 0.394 e. The molecule has 9 heteroatoms. The van der Waals surface area contributed by atoms with Crippen molar-refractivity contribution in [3.63, 3.8) is 0 Å². The van der Waals surface area contributed by atoms with Gasteiger partial charge in [0.1, 0.15) is 18.3 Å². The van der Waals surface area contributed by atoms with Crippen molar-refractivity contribution in [1.82, 2.24) is 0 Å². The lowest BCUT2D eigenvalue weighted by molar-refractivity contribution is -0.248. The Bertz CT molecular complexity index is 292. The molecule has 1 rings (SSSR count). The van der Waals surface area contributed by atoms with Gasteiger partial charge in [0.25, 0.3) is 0 Å². The van der Waals surface area contributed by atoms with Crippen LogP contribution in [0.2, 0.25) is 0 Å². The number of amides is 1. The Balaban J connectivity index is 0.000000400. The first kappa shape index (κ1) is 20.7. The molecule has 0 aromatic rings. The number of ether oxygens (including phenoxy) is 1. The lowest BCUT2D eigenvalue weighted by Crippen LogP contribution is -2.61. The number of halogens is 1. The van der Waals surface area contributed by atoms with Gasteiger partial charge in [-0.3, -0.25) is 4.79 Å². The molecule has 0 bridgehead atoms. The van der Waals surface area contributed by atoms with Gasteiger partial charge in [-0.25, -0.2) is 0 Å². The summed E-state index contributed by atoms with van der Waals surface area (Å²) < 4.78 is 4.70. The first-order valence-corrected chi connectivity index (χ1v) is 7.87. The summed E-state index contributed by atoms with van der Waals surface area (Å²) in [6.45, 7) is -0.470. The molecule has 1 unspecified atom stereocenters. The average Bonchev–Trinajstić information content (AvgIpc) is 2.45. The number of carbonyl (C=O) groups excluding carboxylic acids is 1. The highest BCUT2D eigenvalue weighted by atomic mass is 79.9. The van der Waals surface area contributed by atoms with Gasteiger partial charge in [0, 0.05) is 11.8 Å². The maximum atomic E-state index is 10.2. The molecule has 5 atom stereocenters. The summed E-state index contributed by atoms with van der Waals surface area (Å²) in [6, 6.07) is -1.04. The van der Waals surface area contributed by atoms with Gasteiger partial charge in [0.05, 0.1) is 12.6 Å². The maximum absolute atomic E-state index is 10.2. The molecule has 0 radical (unpaired) electrons. The highest BCUT2D eigenvalue weighted by Crippen LogP contribution is 2.17. The number of aliphatic hydroxyl groups is 4. The molecule has 0 saturated carbocycles. The Kier molecular flexibility index (Phi) is 11.1. The molecule has 1 amide bonds. The maximum Gasteiger partial charge on any atom is 0.217 e. The minimum Gasteiger partial charge on any atom is -0.394 e. The molecule has 0 aromatic carbocycles. The van der Waals surface area contributed by atoms with Crippen LogP contribution in [-0.4, -0.2) is 68.9 Å². The van der Waals surface area contributed by atoms with E-state index >= 15 is 0 Å². The van der Waals surface area contributed by atoms with Crippen LogP contribution in [0.3, 0.4) is 0 Å². The molecular weight excluding hydrogens is 348 g/mol. The molecule has 1 aliphatic heterocycles. The van der Waals surface area contributed by atoms with E-state index in [0.717, 1.165) is 24.6 Å². The summed E-state index contributed by atoms with van der Waals surface area (Å²) in [5.74, 6) is -0.190.